The number of ether oxygens (including phenoxy) is 1. The van der Waals surface area contributed by atoms with E-state index in [1.807, 2.05) is 54.6 Å². The molecule has 136 valence electrons. The summed E-state index contributed by atoms with van der Waals surface area (Å²) in [5.74, 6) is 1.84. The fourth-order valence-electron chi connectivity index (χ4n) is 2.30. The molecule has 3 aromatic rings. The second kappa shape index (κ2) is 8.91. The monoisotopic (exact) mass is 377 g/mol. The van der Waals surface area contributed by atoms with E-state index >= 15 is 0 Å². The van der Waals surface area contributed by atoms with Crippen molar-refractivity contribution in [2.45, 2.75) is 4.90 Å². The molecule has 0 heterocycles. The van der Waals surface area contributed by atoms with Gasteiger partial charge in [-0.15, -0.1) is 11.8 Å². The van der Waals surface area contributed by atoms with Crippen LogP contribution in [0.5, 0.6) is 11.5 Å². The molecule has 0 unspecified atom stereocenters. The van der Waals surface area contributed by atoms with Gasteiger partial charge in [0.2, 0.25) is 0 Å². The minimum atomic E-state index is -0.185. The third-order valence-corrected chi connectivity index (χ3v) is 4.66. The van der Waals surface area contributed by atoms with Gasteiger partial charge in [0, 0.05) is 16.1 Å². The first-order valence-corrected chi connectivity index (χ1v) is 9.29. The van der Waals surface area contributed by atoms with Crippen molar-refractivity contribution in [3.63, 3.8) is 0 Å². The Morgan fingerprint density at radius 3 is 2.19 bits per heavy atom. The van der Waals surface area contributed by atoms with Crippen molar-refractivity contribution < 1.29 is 9.53 Å². The van der Waals surface area contributed by atoms with E-state index in [1.165, 1.54) is 11.8 Å². The molecule has 0 spiro atoms. The maximum atomic E-state index is 12.4. The highest BCUT2D eigenvalue weighted by atomic mass is 32.2. The number of hydrogen-bond donors (Lipinski definition) is 3. The molecular weight excluding hydrogens is 358 g/mol. The van der Waals surface area contributed by atoms with Crippen molar-refractivity contribution in [3.8, 4) is 11.5 Å². The third-order valence-electron chi connectivity index (χ3n) is 3.60. The first-order valence-electron chi connectivity index (χ1n) is 8.30. The molecule has 1 amide bonds. The van der Waals surface area contributed by atoms with Crippen LogP contribution in [0.2, 0.25) is 0 Å². The van der Waals surface area contributed by atoms with E-state index in [0.29, 0.717) is 22.8 Å². The molecule has 0 radical (unpaired) electrons. The normalized spacial score (nSPS) is 10.2. The molecule has 6 heteroatoms. The fourth-order valence-corrected chi connectivity index (χ4v) is 2.95. The molecule has 0 atom stereocenters. The van der Waals surface area contributed by atoms with Crippen LogP contribution >= 0.6 is 11.8 Å². The van der Waals surface area contributed by atoms with E-state index in [-0.39, 0.29) is 11.7 Å². The number of amides is 1. The van der Waals surface area contributed by atoms with Crippen LogP contribution in [0.25, 0.3) is 0 Å². The zero-order valence-corrected chi connectivity index (χ0v) is 15.3. The predicted molar refractivity (Wildman–Crippen MR) is 110 cm³/mol. The average Bonchev–Trinajstić information content (AvgIpc) is 2.69. The lowest BCUT2D eigenvalue weighted by Crippen LogP contribution is -2.12. The van der Waals surface area contributed by atoms with Crippen LogP contribution in [0.1, 0.15) is 10.4 Å². The summed E-state index contributed by atoms with van der Waals surface area (Å²) < 4.78 is 5.74. The lowest BCUT2D eigenvalue weighted by atomic mass is 10.2. The quantitative estimate of drug-likeness (QED) is 0.315. The molecule has 0 aliphatic carbocycles. The minimum Gasteiger partial charge on any atom is -0.457 e. The summed E-state index contributed by atoms with van der Waals surface area (Å²) in [6.07, 6.45) is 0. The number of hydrogen-bond acceptors (Lipinski definition) is 4. The number of nitrogens with two attached hydrogens (primary N) is 1. The Kier molecular flexibility index (Phi) is 6.12. The van der Waals surface area contributed by atoms with Crippen molar-refractivity contribution in [2.75, 3.05) is 11.1 Å². The fraction of sp³-hybridized carbons (Fsp3) is 0.0476. The predicted octanol–water partition coefficient (Wildman–Crippen LogP) is 4.76. The highest BCUT2D eigenvalue weighted by Crippen LogP contribution is 2.23. The average molecular weight is 377 g/mol. The molecule has 0 saturated heterocycles. The molecule has 3 aromatic carbocycles. The van der Waals surface area contributed by atoms with Crippen LogP contribution in [0.15, 0.2) is 83.8 Å². The number of carbonyl (C=O) groups excluding carboxylic acids is 1. The Labute approximate surface area is 162 Å². The van der Waals surface area contributed by atoms with Crippen molar-refractivity contribution in [1.29, 1.82) is 5.41 Å². The highest BCUT2D eigenvalue weighted by molar-refractivity contribution is 8.00. The van der Waals surface area contributed by atoms with Crippen LogP contribution in [0, 0.1) is 5.41 Å². The molecule has 0 bridgehead atoms. The van der Waals surface area contributed by atoms with Gasteiger partial charge >= 0.3 is 0 Å². The number of nitrogens with one attached hydrogen (secondary N) is 2. The van der Waals surface area contributed by atoms with E-state index in [1.54, 1.807) is 24.3 Å². The van der Waals surface area contributed by atoms with Crippen LogP contribution in [-0.4, -0.2) is 17.5 Å². The van der Waals surface area contributed by atoms with Crippen molar-refractivity contribution in [3.05, 3.63) is 84.4 Å². The summed E-state index contributed by atoms with van der Waals surface area (Å²) in [4.78, 5) is 13.3. The molecule has 0 aromatic heterocycles. The largest absolute Gasteiger partial charge is 0.457 e. The second-order valence-corrected chi connectivity index (χ2v) is 6.78. The Morgan fingerprint density at radius 1 is 0.926 bits per heavy atom. The van der Waals surface area contributed by atoms with Gasteiger partial charge in [-0.1, -0.05) is 18.2 Å². The van der Waals surface area contributed by atoms with Gasteiger partial charge in [0.15, 0.2) is 0 Å². The van der Waals surface area contributed by atoms with Gasteiger partial charge in [0.1, 0.15) is 17.3 Å². The molecule has 5 nitrogen and oxygen atoms in total. The summed E-state index contributed by atoms with van der Waals surface area (Å²) in [6.45, 7) is 0. The van der Waals surface area contributed by atoms with E-state index in [9.17, 15) is 4.79 Å². The van der Waals surface area contributed by atoms with Crippen LogP contribution in [0.3, 0.4) is 0 Å². The summed E-state index contributed by atoms with van der Waals surface area (Å²) in [6, 6.07) is 23.9. The van der Waals surface area contributed by atoms with E-state index in [0.717, 1.165) is 10.6 Å². The maximum Gasteiger partial charge on any atom is 0.255 e. The standard InChI is InChI=1S/C21H19N3O2S/c22-20(23)14-27-19-12-6-15(7-13-19)21(25)24-16-8-10-18(11-9-16)26-17-4-2-1-3-5-17/h1-13H,14H2,(H3,22,23)(H,24,25). The van der Waals surface area contributed by atoms with E-state index < -0.39 is 0 Å². The van der Waals surface area contributed by atoms with E-state index in [2.05, 4.69) is 5.32 Å². The lowest BCUT2D eigenvalue weighted by Gasteiger charge is -2.08. The third kappa shape index (κ3) is 5.62. The lowest BCUT2D eigenvalue weighted by molar-refractivity contribution is 0.102. The molecule has 3 rings (SSSR count). The number of amidine groups is 1. The van der Waals surface area contributed by atoms with Gasteiger partial charge in [-0.2, -0.15) is 0 Å². The van der Waals surface area contributed by atoms with Gasteiger partial charge in [-0.3, -0.25) is 10.2 Å². The van der Waals surface area contributed by atoms with Gasteiger partial charge in [-0.25, -0.2) is 0 Å². The number of anilines is 1. The number of benzene rings is 3. The molecule has 4 N–H and O–H groups in total. The summed E-state index contributed by atoms with van der Waals surface area (Å²) >= 11 is 1.46. The molecule has 0 aliphatic rings. The number of rotatable bonds is 7. The molecular formula is C21H19N3O2S. The van der Waals surface area contributed by atoms with Crippen molar-refractivity contribution in [2.24, 2.45) is 5.73 Å². The molecule has 27 heavy (non-hydrogen) atoms. The number of thioether (sulfide) groups is 1. The van der Waals surface area contributed by atoms with Crippen LogP contribution in [-0.2, 0) is 0 Å². The van der Waals surface area contributed by atoms with Gasteiger partial charge in [-0.05, 0) is 60.7 Å². The topological polar surface area (TPSA) is 88.2 Å². The zero-order valence-electron chi connectivity index (χ0n) is 14.5. The Hall–Kier alpha value is -3.25. The van der Waals surface area contributed by atoms with Gasteiger partial charge in [0.25, 0.3) is 5.91 Å². The molecule has 0 fully saturated rings. The first kappa shape index (κ1) is 18.5. The molecule has 0 saturated carbocycles. The van der Waals surface area contributed by atoms with Crippen LogP contribution < -0.4 is 15.8 Å². The first-order chi connectivity index (χ1) is 13.1. The maximum absolute atomic E-state index is 12.4. The highest BCUT2D eigenvalue weighted by Gasteiger charge is 2.07. The minimum absolute atomic E-state index is 0.126. The van der Waals surface area contributed by atoms with Crippen molar-refractivity contribution >= 4 is 29.2 Å². The zero-order chi connectivity index (χ0) is 19.1. The summed E-state index contributed by atoms with van der Waals surface area (Å²) in [5.41, 5.74) is 6.60. The molecule has 0 aliphatic heterocycles. The number of para-hydroxylation sites is 1. The smallest absolute Gasteiger partial charge is 0.255 e. The Balaban J connectivity index is 1.58. The van der Waals surface area contributed by atoms with Crippen molar-refractivity contribution in [1.82, 2.24) is 0 Å². The SMILES string of the molecule is N=C(N)CSc1ccc(C(=O)Nc2ccc(Oc3ccccc3)cc2)cc1. The van der Waals surface area contributed by atoms with E-state index in [4.69, 9.17) is 15.9 Å². The summed E-state index contributed by atoms with van der Waals surface area (Å²) in [5, 5.41) is 10.1. The van der Waals surface area contributed by atoms with Gasteiger partial charge < -0.3 is 15.8 Å². The Morgan fingerprint density at radius 2 is 1.56 bits per heavy atom. The second-order valence-electron chi connectivity index (χ2n) is 5.73. The van der Waals surface area contributed by atoms with Crippen LogP contribution in [0.4, 0.5) is 5.69 Å². The van der Waals surface area contributed by atoms with Gasteiger partial charge in [0.05, 0.1) is 5.75 Å². The Bertz CT molecular complexity index is 910. The number of carbonyl (C=O) groups is 1. The summed E-state index contributed by atoms with van der Waals surface area (Å²) in [7, 11) is 0.